The van der Waals surface area contributed by atoms with Gasteiger partial charge in [0.05, 0.1) is 6.85 Å². The summed E-state index contributed by atoms with van der Waals surface area (Å²) in [6, 6.07) is 41.8. The number of hydrogen-bond acceptors (Lipinski definition) is 1. The predicted molar refractivity (Wildman–Crippen MR) is 183 cm³/mol. The first-order valence-electron chi connectivity index (χ1n) is 16.9. The summed E-state index contributed by atoms with van der Waals surface area (Å²) in [7, 11) is 0. The Morgan fingerprint density at radius 1 is 0.419 bits per heavy atom. The number of benzene rings is 8. The van der Waals surface area contributed by atoms with Crippen LogP contribution in [0.2, 0.25) is 0 Å². The molecule has 0 aliphatic heterocycles. The lowest BCUT2D eigenvalue weighted by Gasteiger charge is -2.20. The maximum Gasteiger partial charge on any atom is 0.136 e. The Morgan fingerprint density at radius 2 is 0.977 bits per heavy atom. The van der Waals surface area contributed by atoms with E-state index in [0.717, 1.165) is 76.5 Å². The molecule has 200 valence electrons. The van der Waals surface area contributed by atoms with Gasteiger partial charge in [0.2, 0.25) is 0 Å². The molecule has 0 radical (unpaired) electrons. The summed E-state index contributed by atoms with van der Waals surface area (Å²) in [5, 5.41) is 8.35. The summed E-state index contributed by atoms with van der Waals surface area (Å²) in [6.07, 6.45) is 0. The molecule has 9 aromatic rings. The molecule has 1 aromatic heterocycles. The van der Waals surface area contributed by atoms with E-state index < -0.39 is 6.04 Å². The summed E-state index contributed by atoms with van der Waals surface area (Å²) >= 11 is 0. The first-order chi connectivity index (χ1) is 23.4. The van der Waals surface area contributed by atoms with Crippen molar-refractivity contribution in [3.8, 4) is 33.4 Å². The number of hydrogen-bond donors (Lipinski definition) is 0. The lowest BCUT2D eigenvalue weighted by Crippen LogP contribution is -1.93. The van der Waals surface area contributed by atoms with Crippen LogP contribution in [0.3, 0.4) is 0 Å². The zero-order chi connectivity index (χ0) is 32.7. The van der Waals surface area contributed by atoms with Crippen molar-refractivity contribution in [2.45, 2.75) is 0 Å². The minimum absolute atomic E-state index is 0.191. The molecule has 0 bridgehead atoms. The molecule has 0 fully saturated rings. The third-order valence-corrected chi connectivity index (χ3v) is 8.52. The van der Waals surface area contributed by atoms with Crippen molar-refractivity contribution in [3.05, 3.63) is 158 Å². The fraction of sp³-hybridized carbons (Fsp3) is 0. The Balaban J connectivity index is 1.44. The minimum Gasteiger partial charge on any atom is -0.456 e. The summed E-state index contributed by atoms with van der Waals surface area (Å²) in [5.41, 5.74) is 6.62. The zero-order valence-corrected chi connectivity index (χ0v) is 23.0. The van der Waals surface area contributed by atoms with Crippen LogP contribution >= 0.6 is 0 Å². The zero-order valence-electron chi connectivity index (χ0n) is 28.0. The van der Waals surface area contributed by atoms with E-state index in [1.807, 2.05) is 54.6 Å². The second-order valence-corrected chi connectivity index (χ2v) is 10.9. The normalized spacial score (nSPS) is 13.3. The van der Waals surface area contributed by atoms with Gasteiger partial charge in [0.1, 0.15) is 11.2 Å². The number of para-hydroxylation sites is 1. The van der Waals surface area contributed by atoms with Gasteiger partial charge in [0.15, 0.2) is 0 Å². The van der Waals surface area contributed by atoms with E-state index in [0.29, 0.717) is 5.56 Å². The maximum atomic E-state index is 8.77. The molecule has 0 unspecified atom stereocenters. The molecule has 8 aromatic carbocycles. The Bertz CT molecular complexity index is 2710. The first-order valence-corrected chi connectivity index (χ1v) is 14.4. The second-order valence-electron chi connectivity index (χ2n) is 10.9. The van der Waals surface area contributed by atoms with Crippen LogP contribution < -0.4 is 0 Å². The van der Waals surface area contributed by atoms with Gasteiger partial charge in [0, 0.05) is 10.8 Å². The SMILES string of the molecule is [2H]c1c([2H])c([2H])c(-c2cc(-c3c4ccccc4c(-c4cccc5oc6ccccc6c45)c4ccccc34)c3ccccc3c2)c([2H])c1[2H]. The van der Waals surface area contributed by atoms with Gasteiger partial charge in [-0.05, 0) is 90.0 Å². The molecule has 1 heterocycles. The van der Waals surface area contributed by atoms with Gasteiger partial charge in [-0.25, -0.2) is 0 Å². The summed E-state index contributed by atoms with van der Waals surface area (Å²) in [5.74, 6) is 0. The summed E-state index contributed by atoms with van der Waals surface area (Å²) in [4.78, 5) is 0. The molecule has 0 aliphatic rings. The fourth-order valence-electron chi connectivity index (χ4n) is 6.75. The van der Waals surface area contributed by atoms with Gasteiger partial charge in [-0.15, -0.1) is 0 Å². The van der Waals surface area contributed by atoms with Crippen LogP contribution in [0.1, 0.15) is 6.85 Å². The molecule has 0 saturated heterocycles. The highest BCUT2D eigenvalue weighted by Crippen LogP contribution is 2.48. The van der Waals surface area contributed by atoms with E-state index in [1.54, 1.807) is 0 Å². The van der Waals surface area contributed by atoms with Gasteiger partial charge in [-0.2, -0.15) is 0 Å². The monoisotopic (exact) mass is 551 g/mol. The van der Waals surface area contributed by atoms with E-state index >= 15 is 0 Å². The first kappa shape index (κ1) is 19.5. The second kappa shape index (κ2) is 9.44. The van der Waals surface area contributed by atoms with Crippen molar-refractivity contribution in [3.63, 3.8) is 0 Å². The largest absolute Gasteiger partial charge is 0.456 e. The standard InChI is InChI=1S/C42H26O/c1-2-13-27(14-3-1)29-25-28-15-4-5-16-30(28)37(26-29)41-33-19-8-6-17-31(33)40(32-18-7-9-20-34(32)41)36-22-12-24-39-42(36)35-21-10-11-23-38(35)43-39/h1-26H/i1D,2D,3D,13D,14D. The lowest BCUT2D eigenvalue weighted by atomic mass is 9.83. The Hall–Kier alpha value is -5.66. The highest BCUT2D eigenvalue weighted by atomic mass is 16.3. The predicted octanol–water partition coefficient (Wildman–Crippen LogP) is 12.0. The molecular weight excluding hydrogens is 520 g/mol. The van der Waals surface area contributed by atoms with Crippen molar-refractivity contribution >= 4 is 54.3 Å². The van der Waals surface area contributed by atoms with E-state index in [-0.39, 0.29) is 29.7 Å². The van der Waals surface area contributed by atoms with Crippen LogP contribution in [0.15, 0.2) is 162 Å². The maximum absolute atomic E-state index is 8.77. The third-order valence-electron chi connectivity index (χ3n) is 8.52. The van der Waals surface area contributed by atoms with Crippen LogP contribution in [0.5, 0.6) is 0 Å². The smallest absolute Gasteiger partial charge is 0.136 e. The van der Waals surface area contributed by atoms with Crippen molar-refractivity contribution < 1.29 is 11.3 Å². The van der Waals surface area contributed by atoms with Gasteiger partial charge >= 0.3 is 0 Å². The molecule has 0 N–H and O–H groups in total. The topological polar surface area (TPSA) is 13.1 Å². The Morgan fingerprint density at radius 3 is 1.67 bits per heavy atom. The molecule has 0 atom stereocenters. The molecular formula is C42H26O. The number of rotatable bonds is 3. The quantitative estimate of drug-likeness (QED) is 0.199. The van der Waals surface area contributed by atoms with Crippen LogP contribution in [-0.4, -0.2) is 0 Å². The summed E-state index contributed by atoms with van der Waals surface area (Å²) < 4.78 is 48.7. The molecule has 1 heteroatoms. The third kappa shape index (κ3) is 3.65. The van der Waals surface area contributed by atoms with Gasteiger partial charge in [-0.1, -0.05) is 133 Å². The molecule has 43 heavy (non-hydrogen) atoms. The Labute approximate surface area is 256 Å². The highest BCUT2D eigenvalue weighted by molar-refractivity contribution is 6.27. The molecule has 1 nitrogen and oxygen atoms in total. The fourth-order valence-corrected chi connectivity index (χ4v) is 6.75. The van der Waals surface area contributed by atoms with Crippen molar-refractivity contribution in [2.24, 2.45) is 0 Å². The molecule has 0 aliphatic carbocycles. The van der Waals surface area contributed by atoms with Gasteiger partial charge in [0.25, 0.3) is 0 Å². The molecule has 9 rings (SSSR count). The number of furan rings is 1. The molecule has 0 saturated carbocycles. The van der Waals surface area contributed by atoms with E-state index in [2.05, 4.69) is 72.8 Å². The number of fused-ring (bicyclic) bond motifs is 6. The Kier molecular flexibility index (Phi) is 4.27. The van der Waals surface area contributed by atoms with E-state index in [4.69, 9.17) is 11.3 Å². The average molecular weight is 552 g/mol. The van der Waals surface area contributed by atoms with Crippen LogP contribution in [0, 0.1) is 0 Å². The van der Waals surface area contributed by atoms with Crippen molar-refractivity contribution in [2.75, 3.05) is 0 Å². The van der Waals surface area contributed by atoms with Crippen LogP contribution in [0.4, 0.5) is 0 Å². The van der Waals surface area contributed by atoms with E-state index in [1.165, 1.54) is 0 Å². The molecule has 0 spiro atoms. The minimum atomic E-state index is -0.400. The van der Waals surface area contributed by atoms with Crippen LogP contribution in [0.25, 0.3) is 87.6 Å². The molecule has 0 amide bonds. The highest BCUT2D eigenvalue weighted by Gasteiger charge is 2.21. The van der Waals surface area contributed by atoms with Gasteiger partial charge in [-0.3, -0.25) is 0 Å². The van der Waals surface area contributed by atoms with E-state index in [9.17, 15) is 0 Å². The summed E-state index contributed by atoms with van der Waals surface area (Å²) in [6.45, 7) is 0. The lowest BCUT2D eigenvalue weighted by molar-refractivity contribution is 0.669. The average Bonchev–Trinajstić information content (AvgIpc) is 3.51. The van der Waals surface area contributed by atoms with Gasteiger partial charge < -0.3 is 4.42 Å². The van der Waals surface area contributed by atoms with Crippen molar-refractivity contribution in [1.29, 1.82) is 0 Å². The van der Waals surface area contributed by atoms with Crippen molar-refractivity contribution in [1.82, 2.24) is 0 Å². The van der Waals surface area contributed by atoms with Crippen LogP contribution in [-0.2, 0) is 0 Å².